The van der Waals surface area contributed by atoms with Crippen LogP contribution in [0.15, 0.2) is 48.8 Å². The normalized spacial score (nSPS) is 10.1. The molecule has 16 heavy (non-hydrogen) atoms. The summed E-state index contributed by atoms with van der Waals surface area (Å²) in [5.74, 6) is 0.0231. The summed E-state index contributed by atoms with van der Waals surface area (Å²) >= 11 is 0. The molecule has 1 aromatic carbocycles. The first-order valence-corrected chi connectivity index (χ1v) is 5.32. The van der Waals surface area contributed by atoms with Gasteiger partial charge in [-0.1, -0.05) is 18.2 Å². The number of nitrogens with zero attached hydrogens (tertiary/aromatic N) is 1. The molecule has 0 spiro atoms. The Morgan fingerprint density at radius 1 is 1.25 bits per heavy atom. The number of rotatable bonds is 3. The third-order valence-corrected chi connectivity index (χ3v) is 2.47. The van der Waals surface area contributed by atoms with Gasteiger partial charge in [0.25, 0.3) is 5.91 Å². The zero-order valence-electron chi connectivity index (χ0n) is 9.18. The molecule has 1 aromatic heterocycles. The standard InChI is InChI=1S/C13H14N2O/c1-2-15(12-6-4-3-5-7-12)13(16)11-8-9-14-10-11/h3-10,14H,2H2,1H3. The van der Waals surface area contributed by atoms with E-state index in [-0.39, 0.29) is 5.91 Å². The van der Waals surface area contributed by atoms with E-state index in [0.717, 1.165) is 5.69 Å². The van der Waals surface area contributed by atoms with Gasteiger partial charge in [-0.25, -0.2) is 0 Å². The van der Waals surface area contributed by atoms with Gasteiger partial charge in [0.05, 0.1) is 5.56 Å². The van der Waals surface area contributed by atoms with E-state index >= 15 is 0 Å². The number of hydrogen-bond acceptors (Lipinski definition) is 1. The molecule has 0 aliphatic carbocycles. The molecule has 0 bridgehead atoms. The Labute approximate surface area is 94.7 Å². The van der Waals surface area contributed by atoms with Gasteiger partial charge in [0.1, 0.15) is 0 Å². The van der Waals surface area contributed by atoms with Gasteiger partial charge in [0, 0.05) is 24.6 Å². The number of carbonyl (C=O) groups excluding carboxylic acids is 1. The molecule has 1 N–H and O–H groups in total. The maximum atomic E-state index is 12.1. The highest BCUT2D eigenvalue weighted by Gasteiger charge is 2.15. The van der Waals surface area contributed by atoms with Gasteiger partial charge in [-0.05, 0) is 25.1 Å². The highest BCUT2D eigenvalue weighted by atomic mass is 16.2. The number of aromatic amines is 1. The lowest BCUT2D eigenvalue weighted by Gasteiger charge is -2.20. The minimum absolute atomic E-state index is 0.0231. The van der Waals surface area contributed by atoms with E-state index in [0.29, 0.717) is 12.1 Å². The van der Waals surface area contributed by atoms with Gasteiger partial charge in [0.15, 0.2) is 0 Å². The largest absolute Gasteiger partial charge is 0.367 e. The molecule has 0 unspecified atom stereocenters. The second kappa shape index (κ2) is 4.66. The van der Waals surface area contributed by atoms with Crippen LogP contribution in [0.5, 0.6) is 0 Å². The van der Waals surface area contributed by atoms with E-state index < -0.39 is 0 Å². The van der Waals surface area contributed by atoms with Crippen molar-refractivity contribution < 1.29 is 4.79 Å². The molecule has 0 saturated carbocycles. The number of carbonyl (C=O) groups is 1. The van der Waals surface area contributed by atoms with E-state index in [4.69, 9.17) is 0 Å². The van der Waals surface area contributed by atoms with Crippen molar-refractivity contribution in [2.45, 2.75) is 6.92 Å². The molecule has 2 rings (SSSR count). The lowest BCUT2D eigenvalue weighted by atomic mass is 10.2. The minimum Gasteiger partial charge on any atom is -0.367 e. The van der Waals surface area contributed by atoms with Crippen molar-refractivity contribution in [2.24, 2.45) is 0 Å². The van der Waals surface area contributed by atoms with Crippen LogP contribution in [-0.4, -0.2) is 17.4 Å². The molecule has 0 aliphatic rings. The molecule has 0 aliphatic heterocycles. The van der Waals surface area contributed by atoms with Gasteiger partial charge < -0.3 is 9.88 Å². The molecule has 3 heteroatoms. The highest BCUT2D eigenvalue weighted by Crippen LogP contribution is 2.15. The highest BCUT2D eigenvalue weighted by molar-refractivity contribution is 6.05. The summed E-state index contributed by atoms with van der Waals surface area (Å²) in [6, 6.07) is 11.5. The van der Waals surface area contributed by atoms with E-state index in [1.165, 1.54) is 0 Å². The second-order valence-electron chi connectivity index (χ2n) is 3.48. The maximum absolute atomic E-state index is 12.1. The van der Waals surface area contributed by atoms with Crippen LogP contribution in [0, 0.1) is 0 Å². The fourth-order valence-corrected chi connectivity index (χ4v) is 1.66. The van der Waals surface area contributed by atoms with Crippen LogP contribution in [0.25, 0.3) is 0 Å². The molecule has 0 atom stereocenters. The Morgan fingerprint density at radius 2 is 2.00 bits per heavy atom. The smallest absolute Gasteiger partial charge is 0.259 e. The van der Waals surface area contributed by atoms with Gasteiger partial charge >= 0.3 is 0 Å². The first kappa shape index (κ1) is 10.5. The van der Waals surface area contributed by atoms with Crippen molar-refractivity contribution in [2.75, 3.05) is 11.4 Å². The average Bonchev–Trinajstić information content (AvgIpc) is 2.85. The number of H-pyrrole nitrogens is 1. The van der Waals surface area contributed by atoms with Crippen LogP contribution in [0.1, 0.15) is 17.3 Å². The summed E-state index contributed by atoms with van der Waals surface area (Å²) in [7, 11) is 0. The molecule has 2 aromatic rings. The van der Waals surface area contributed by atoms with Gasteiger partial charge in [-0.3, -0.25) is 4.79 Å². The third-order valence-electron chi connectivity index (χ3n) is 2.47. The lowest BCUT2D eigenvalue weighted by Crippen LogP contribution is -2.30. The Bertz CT molecular complexity index is 448. The molecule has 0 radical (unpaired) electrons. The van der Waals surface area contributed by atoms with Crippen molar-refractivity contribution in [3.63, 3.8) is 0 Å². The molecular formula is C13H14N2O. The van der Waals surface area contributed by atoms with Crippen molar-refractivity contribution in [1.29, 1.82) is 0 Å². The lowest BCUT2D eigenvalue weighted by molar-refractivity contribution is 0.0988. The Morgan fingerprint density at radius 3 is 2.56 bits per heavy atom. The van der Waals surface area contributed by atoms with Gasteiger partial charge in [-0.15, -0.1) is 0 Å². The van der Waals surface area contributed by atoms with Gasteiger partial charge in [-0.2, -0.15) is 0 Å². The monoisotopic (exact) mass is 214 g/mol. The van der Waals surface area contributed by atoms with Crippen LogP contribution in [0.3, 0.4) is 0 Å². The van der Waals surface area contributed by atoms with Crippen LogP contribution in [0.2, 0.25) is 0 Å². The minimum atomic E-state index is 0.0231. The SMILES string of the molecule is CCN(C(=O)c1cc[nH]c1)c1ccccc1. The molecule has 0 fully saturated rings. The predicted octanol–water partition coefficient (Wildman–Crippen LogP) is 2.68. The summed E-state index contributed by atoms with van der Waals surface area (Å²) in [5.41, 5.74) is 1.61. The zero-order valence-corrected chi connectivity index (χ0v) is 9.18. The average molecular weight is 214 g/mol. The second-order valence-corrected chi connectivity index (χ2v) is 3.48. The molecule has 1 heterocycles. The summed E-state index contributed by atoms with van der Waals surface area (Å²) < 4.78 is 0. The molecule has 0 saturated heterocycles. The first-order valence-electron chi connectivity index (χ1n) is 5.32. The van der Waals surface area contributed by atoms with Crippen molar-refractivity contribution in [1.82, 2.24) is 4.98 Å². The van der Waals surface area contributed by atoms with Crippen LogP contribution in [0.4, 0.5) is 5.69 Å². The summed E-state index contributed by atoms with van der Waals surface area (Å²) in [6.45, 7) is 2.63. The van der Waals surface area contributed by atoms with Crippen molar-refractivity contribution in [3.8, 4) is 0 Å². The first-order chi connectivity index (χ1) is 7.83. The van der Waals surface area contributed by atoms with Crippen molar-refractivity contribution in [3.05, 3.63) is 54.4 Å². The van der Waals surface area contributed by atoms with Crippen molar-refractivity contribution >= 4 is 11.6 Å². The third kappa shape index (κ3) is 1.98. The molecular weight excluding hydrogens is 200 g/mol. The zero-order chi connectivity index (χ0) is 11.4. The fourth-order valence-electron chi connectivity index (χ4n) is 1.66. The Kier molecular flexibility index (Phi) is 3.05. The summed E-state index contributed by atoms with van der Waals surface area (Å²) in [5, 5.41) is 0. The topological polar surface area (TPSA) is 36.1 Å². The predicted molar refractivity (Wildman–Crippen MR) is 64.6 cm³/mol. The molecule has 3 nitrogen and oxygen atoms in total. The number of hydrogen-bond donors (Lipinski definition) is 1. The maximum Gasteiger partial charge on any atom is 0.259 e. The number of amides is 1. The number of benzene rings is 1. The molecule has 82 valence electrons. The number of para-hydroxylation sites is 1. The number of aromatic nitrogens is 1. The summed E-state index contributed by atoms with van der Waals surface area (Å²) in [4.78, 5) is 16.8. The van der Waals surface area contributed by atoms with Crippen LogP contribution >= 0.6 is 0 Å². The fraction of sp³-hybridized carbons (Fsp3) is 0.154. The van der Waals surface area contributed by atoms with E-state index in [1.807, 2.05) is 37.3 Å². The molecule has 1 amide bonds. The van der Waals surface area contributed by atoms with E-state index in [2.05, 4.69) is 4.98 Å². The van der Waals surface area contributed by atoms with E-state index in [9.17, 15) is 4.79 Å². The Balaban J connectivity index is 2.27. The van der Waals surface area contributed by atoms with Crippen LogP contribution < -0.4 is 4.90 Å². The quantitative estimate of drug-likeness (QED) is 0.837. The van der Waals surface area contributed by atoms with Crippen LogP contribution in [-0.2, 0) is 0 Å². The Hall–Kier alpha value is -2.03. The van der Waals surface area contributed by atoms with E-state index in [1.54, 1.807) is 23.4 Å². The number of anilines is 1. The number of nitrogens with one attached hydrogen (secondary N) is 1. The summed E-state index contributed by atoms with van der Waals surface area (Å²) in [6.07, 6.45) is 3.47. The van der Waals surface area contributed by atoms with Gasteiger partial charge in [0.2, 0.25) is 0 Å².